The molecule has 9 heteroatoms. The lowest BCUT2D eigenvalue weighted by atomic mass is 10.8. The average molecular weight is 233 g/mol. The molecule has 0 aromatic heterocycles. The Morgan fingerprint density at radius 3 is 2.15 bits per heavy atom. The molecule has 0 aromatic rings. The highest BCUT2D eigenvalue weighted by atomic mass is 32.3. The summed E-state index contributed by atoms with van der Waals surface area (Å²) >= 11 is 0. The fourth-order valence-electron chi connectivity index (χ4n) is 0.561. The summed E-state index contributed by atoms with van der Waals surface area (Å²) in [6.45, 7) is 0.861. The second-order valence-electron chi connectivity index (χ2n) is 2.25. The van der Waals surface area contributed by atoms with E-state index in [4.69, 9.17) is 10.3 Å². The molecular weight excluding hydrogens is 222 g/mol. The van der Waals surface area contributed by atoms with Crippen LogP contribution in [0.5, 0.6) is 0 Å². The van der Waals surface area contributed by atoms with Gasteiger partial charge in [0, 0.05) is 6.54 Å². The largest absolute Gasteiger partial charge is 0.398 e. The van der Waals surface area contributed by atoms with Gasteiger partial charge in [-0.15, -0.1) is 0 Å². The zero-order valence-corrected chi connectivity index (χ0v) is 8.51. The summed E-state index contributed by atoms with van der Waals surface area (Å²) in [6.07, 6.45) is 0. The second-order valence-corrected chi connectivity index (χ2v) is 5.69. The van der Waals surface area contributed by atoms with E-state index in [9.17, 15) is 16.8 Å². The van der Waals surface area contributed by atoms with Crippen molar-refractivity contribution >= 4 is 20.2 Å². The van der Waals surface area contributed by atoms with Crippen LogP contribution in [0.2, 0.25) is 0 Å². The molecular formula is C4H11NO6S2. The maximum atomic E-state index is 11.0. The monoisotopic (exact) mass is 233 g/mol. The fourth-order valence-corrected chi connectivity index (χ4v) is 2.34. The molecule has 0 saturated carbocycles. The number of rotatable bonds is 5. The van der Waals surface area contributed by atoms with E-state index in [0.717, 1.165) is 6.92 Å². The van der Waals surface area contributed by atoms with Crippen LogP contribution in [0.3, 0.4) is 0 Å². The lowest BCUT2D eigenvalue weighted by molar-refractivity contribution is 0.251. The van der Waals surface area contributed by atoms with Gasteiger partial charge in [0.1, 0.15) is 0 Å². The number of hydrogen-bond donors (Lipinski definition) is 2. The van der Waals surface area contributed by atoms with Crippen LogP contribution in [0.25, 0.3) is 0 Å². The minimum Gasteiger partial charge on any atom is -0.329 e. The van der Waals surface area contributed by atoms with Crippen LogP contribution in [0.1, 0.15) is 6.92 Å². The molecule has 0 saturated heterocycles. The Labute approximate surface area is 76.8 Å². The zero-order valence-electron chi connectivity index (χ0n) is 6.87. The van der Waals surface area contributed by atoms with Gasteiger partial charge in [-0.1, -0.05) is 0 Å². The first kappa shape index (κ1) is 12.8. The Kier molecular flexibility index (Phi) is 4.26. The molecule has 0 radical (unpaired) electrons. The summed E-state index contributed by atoms with van der Waals surface area (Å²) in [5.41, 5.74) is 3.35. The highest BCUT2D eigenvalue weighted by molar-refractivity contribution is 7.92. The van der Waals surface area contributed by atoms with Crippen molar-refractivity contribution in [1.29, 1.82) is 0 Å². The molecule has 7 nitrogen and oxygen atoms in total. The second kappa shape index (κ2) is 4.33. The topological polar surface area (TPSA) is 124 Å². The van der Waals surface area contributed by atoms with E-state index < -0.39 is 31.4 Å². The Hall–Kier alpha value is -0.220. The van der Waals surface area contributed by atoms with Crippen molar-refractivity contribution in [3.63, 3.8) is 0 Å². The van der Waals surface area contributed by atoms with Gasteiger partial charge in [0.25, 0.3) is 0 Å². The minimum absolute atomic E-state index is 0.137. The van der Waals surface area contributed by atoms with Crippen molar-refractivity contribution in [1.82, 2.24) is 0 Å². The Morgan fingerprint density at radius 1 is 1.38 bits per heavy atom. The van der Waals surface area contributed by atoms with Crippen molar-refractivity contribution in [3.05, 3.63) is 0 Å². The van der Waals surface area contributed by atoms with E-state index in [0.29, 0.717) is 0 Å². The third kappa shape index (κ3) is 5.16. The molecule has 0 fully saturated rings. The van der Waals surface area contributed by atoms with Gasteiger partial charge in [0.05, 0.1) is 5.75 Å². The third-order valence-corrected chi connectivity index (χ3v) is 3.73. The first-order valence-corrected chi connectivity index (χ1v) is 6.34. The Balaban J connectivity index is 4.53. The van der Waals surface area contributed by atoms with E-state index in [1.165, 1.54) is 0 Å². The Bertz CT molecular complexity index is 343. The lowest BCUT2D eigenvalue weighted by Gasteiger charge is -2.09. The maximum Gasteiger partial charge on any atom is 0.398 e. The molecule has 0 spiro atoms. The van der Waals surface area contributed by atoms with Gasteiger partial charge in [-0.3, -0.25) is 4.55 Å². The van der Waals surface area contributed by atoms with Crippen molar-refractivity contribution < 1.29 is 25.6 Å². The molecule has 0 bridgehead atoms. The molecule has 0 amide bonds. The fraction of sp³-hybridized carbons (Fsp3) is 1.00. The van der Waals surface area contributed by atoms with Crippen LogP contribution in [-0.4, -0.2) is 39.1 Å². The molecule has 3 N–H and O–H groups in total. The molecule has 1 atom stereocenters. The minimum atomic E-state index is -4.74. The summed E-state index contributed by atoms with van der Waals surface area (Å²) in [5.74, 6) is -0.399. The maximum absolute atomic E-state index is 11.0. The normalized spacial score (nSPS) is 15.6. The quantitative estimate of drug-likeness (QED) is 0.555. The number of nitrogens with two attached hydrogens (primary N) is 1. The van der Waals surface area contributed by atoms with Crippen LogP contribution >= 0.6 is 0 Å². The van der Waals surface area contributed by atoms with Crippen molar-refractivity contribution in [2.45, 2.75) is 12.4 Å². The van der Waals surface area contributed by atoms with Crippen LogP contribution in [0.15, 0.2) is 0 Å². The molecule has 0 heterocycles. The third-order valence-electron chi connectivity index (χ3n) is 1.17. The smallest absolute Gasteiger partial charge is 0.329 e. The van der Waals surface area contributed by atoms with E-state index in [1.807, 2.05) is 0 Å². The predicted molar refractivity (Wildman–Crippen MR) is 44.9 cm³/mol. The Morgan fingerprint density at radius 2 is 1.85 bits per heavy atom. The van der Waals surface area contributed by atoms with E-state index in [2.05, 4.69) is 4.18 Å². The average Bonchev–Trinajstić information content (AvgIpc) is 1.82. The van der Waals surface area contributed by atoms with Gasteiger partial charge < -0.3 is 5.73 Å². The van der Waals surface area contributed by atoms with Crippen molar-refractivity contribution in [2.75, 3.05) is 12.3 Å². The van der Waals surface area contributed by atoms with Gasteiger partial charge in [0.2, 0.25) is 0 Å². The molecule has 0 aromatic carbocycles. The van der Waals surface area contributed by atoms with Crippen molar-refractivity contribution in [3.8, 4) is 0 Å². The molecule has 0 aliphatic carbocycles. The van der Waals surface area contributed by atoms with Crippen molar-refractivity contribution in [2.24, 2.45) is 5.73 Å². The molecule has 0 aliphatic rings. The zero-order chi connectivity index (χ0) is 10.7. The highest BCUT2D eigenvalue weighted by Gasteiger charge is 2.25. The summed E-state index contributed by atoms with van der Waals surface area (Å²) in [4.78, 5) is 0. The lowest BCUT2D eigenvalue weighted by Crippen LogP contribution is -2.29. The van der Waals surface area contributed by atoms with Gasteiger partial charge in [-0.2, -0.15) is 8.42 Å². The highest BCUT2D eigenvalue weighted by Crippen LogP contribution is 2.05. The first-order chi connectivity index (χ1) is 5.69. The van der Waals surface area contributed by atoms with Crippen LogP contribution in [0.4, 0.5) is 0 Å². The molecule has 80 valence electrons. The van der Waals surface area contributed by atoms with Crippen LogP contribution in [-0.2, 0) is 24.4 Å². The van der Waals surface area contributed by atoms with Gasteiger partial charge >= 0.3 is 10.4 Å². The number of hydrogen-bond acceptors (Lipinski definition) is 6. The molecule has 13 heavy (non-hydrogen) atoms. The summed E-state index contributed by atoms with van der Waals surface area (Å²) in [5, 5.41) is 0. The van der Waals surface area contributed by atoms with Crippen LogP contribution < -0.4 is 5.73 Å². The summed E-state index contributed by atoms with van der Waals surface area (Å²) < 4.78 is 54.3. The molecule has 1 unspecified atom stereocenters. The molecule has 0 aliphatic heterocycles. The van der Waals surface area contributed by atoms with E-state index in [1.54, 1.807) is 0 Å². The summed E-state index contributed by atoms with van der Waals surface area (Å²) in [6, 6.07) is 0. The number of sulfone groups is 1. The predicted octanol–water partition coefficient (Wildman–Crippen LogP) is -1.47. The molecule has 0 rings (SSSR count). The van der Waals surface area contributed by atoms with E-state index >= 15 is 0 Å². The van der Waals surface area contributed by atoms with E-state index in [-0.39, 0.29) is 6.54 Å². The van der Waals surface area contributed by atoms with Gasteiger partial charge in [-0.05, 0) is 6.92 Å². The van der Waals surface area contributed by atoms with Gasteiger partial charge in [-0.25, -0.2) is 12.6 Å². The van der Waals surface area contributed by atoms with Crippen LogP contribution in [0, 0.1) is 0 Å². The first-order valence-electron chi connectivity index (χ1n) is 3.26. The SMILES string of the molecule is CC(OS(=O)(=O)O)S(=O)(=O)CCN. The summed E-state index contributed by atoms with van der Waals surface area (Å²) in [7, 11) is -8.47. The standard InChI is InChI=1S/C4H11NO6S2/c1-4(11-13(8,9)10)12(6,7)3-2-5/h4H,2-3,5H2,1H3,(H,8,9,10). The van der Waals surface area contributed by atoms with Gasteiger partial charge in [0.15, 0.2) is 15.3 Å².